The van der Waals surface area contributed by atoms with E-state index in [2.05, 4.69) is 88.5 Å². The first-order valence-corrected chi connectivity index (χ1v) is 7.02. The molecule has 0 heterocycles. The fourth-order valence-electron chi connectivity index (χ4n) is 2.18. The van der Waals surface area contributed by atoms with Crippen LogP contribution in [0.15, 0.2) is 71.7 Å². The molecule has 0 saturated heterocycles. The monoisotopic (exact) mass is 250 g/mol. The highest BCUT2D eigenvalue weighted by Gasteiger charge is 2.13. The summed E-state index contributed by atoms with van der Waals surface area (Å²) < 4.78 is 0. The molecule has 0 aliphatic heterocycles. The third-order valence-corrected chi connectivity index (χ3v) is 3.53. The molecule has 0 aromatic rings. The molecule has 0 saturated carbocycles. The van der Waals surface area contributed by atoms with Crippen LogP contribution in [0, 0.1) is 10.8 Å². The average Bonchev–Trinajstić information content (AvgIpc) is 2.57. The Morgan fingerprint density at radius 1 is 0.684 bits per heavy atom. The van der Waals surface area contributed by atoms with Gasteiger partial charge in [0.2, 0.25) is 0 Å². The quantitative estimate of drug-likeness (QED) is 0.633. The summed E-state index contributed by atoms with van der Waals surface area (Å²) in [6, 6.07) is 0. The average molecular weight is 250 g/mol. The predicted molar refractivity (Wildman–Crippen MR) is 87.4 cm³/mol. The zero-order valence-electron chi connectivity index (χ0n) is 12.5. The van der Waals surface area contributed by atoms with E-state index in [0.717, 1.165) is 7.28 Å². The molecule has 0 bridgehead atoms. The molecule has 1 heteroatoms. The van der Waals surface area contributed by atoms with Gasteiger partial charge in [0.1, 0.15) is 0 Å². The van der Waals surface area contributed by atoms with E-state index in [0.29, 0.717) is 0 Å². The van der Waals surface area contributed by atoms with Gasteiger partial charge in [-0.25, -0.2) is 0 Å². The van der Waals surface area contributed by atoms with E-state index in [1.54, 1.807) is 0 Å². The van der Waals surface area contributed by atoms with E-state index in [4.69, 9.17) is 0 Å². The summed E-state index contributed by atoms with van der Waals surface area (Å²) in [5, 5.41) is 0. The molecule has 0 radical (unpaired) electrons. The molecule has 2 rings (SSSR count). The molecule has 0 atom stereocenters. The summed E-state index contributed by atoms with van der Waals surface area (Å²) >= 11 is 0. The normalized spacial score (nSPS) is 23.4. The molecule has 2 aliphatic rings. The highest BCUT2D eigenvalue weighted by atomic mass is 14.1. The zero-order valence-corrected chi connectivity index (χ0v) is 12.5. The summed E-state index contributed by atoms with van der Waals surface area (Å²) in [5.41, 5.74) is 3.05. The summed E-state index contributed by atoms with van der Waals surface area (Å²) in [7, 11) is 0.994. The third-order valence-electron chi connectivity index (χ3n) is 3.53. The summed E-state index contributed by atoms with van der Waals surface area (Å²) in [5.74, 6) is 0. The molecule has 2 aliphatic carbocycles. The summed E-state index contributed by atoms with van der Waals surface area (Å²) in [4.78, 5) is 0. The number of hydrogen-bond donors (Lipinski definition) is 0. The second-order valence-corrected chi connectivity index (χ2v) is 6.69. The first-order chi connectivity index (χ1) is 8.86. The van der Waals surface area contributed by atoms with Crippen LogP contribution in [0.2, 0.25) is 0 Å². The zero-order chi connectivity index (χ0) is 13.9. The Morgan fingerprint density at radius 3 is 1.53 bits per heavy atom. The van der Waals surface area contributed by atoms with Crippen molar-refractivity contribution in [3.05, 3.63) is 71.7 Å². The smallest absolute Gasteiger partial charge is 0.0789 e. The maximum atomic E-state index is 2.28. The molecule has 0 N–H and O–H groups in total. The van der Waals surface area contributed by atoms with Gasteiger partial charge >= 0.3 is 0 Å². The number of allylic oxidation sites excluding steroid dienone is 12. The maximum Gasteiger partial charge on any atom is 0.192 e. The van der Waals surface area contributed by atoms with Crippen LogP contribution in [0.3, 0.4) is 0 Å². The fraction of sp³-hybridized carbons (Fsp3) is 0.333. The lowest BCUT2D eigenvalue weighted by atomic mass is 9.62. The van der Waals surface area contributed by atoms with Crippen molar-refractivity contribution >= 4 is 7.28 Å². The van der Waals surface area contributed by atoms with E-state index in [1.165, 1.54) is 10.9 Å². The van der Waals surface area contributed by atoms with E-state index in [9.17, 15) is 0 Å². The van der Waals surface area contributed by atoms with Gasteiger partial charge in [-0.1, -0.05) is 99.4 Å². The highest BCUT2D eigenvalue weighted by Crippen LogP contribution is 2.25. The van der Waals surface area contributed by atoms with Gasteiger partial charge < -0.3 is 0 Å². The topological polar surface area (TPSA) is 0 Å². The molecule has 0 amide bonds. The van der Waals surface area contributed by atoms with Crippen molar-refractivity contribution in [3.8, 4) is 0 Å². The standard InChI is InChI=1S/C18H23B/c1-17(2)11-5-7-15(9-13-17)19-16-8-6-12-18(3,4)14-10-16/h5-14,19H,1-4H3. The lowest BCUT2D eigenvalue weighted by molar-refractivity contribution is 0.627. The van der Waals surface area contributed by atoms with Crippen LogP contribution in [-0.2, 0) is 0 Å². The molecule has 0 spiro atoms. The fourth-order valence-corrected chi connectivity index (χ4v) is 2.18. The molecule has 0 fully saturated rings. The van der Waals surface area contributed by atoms with Crippen molar-refractivity contribution in [3.63, 3.8) is 0 Å². The SMILES string of the molecule is CC1(C)C=CC=C(BC2=CC=CC(C)(C)C=C2)C=C1. The minimum Gasteiger partial charge on any atom is -0.0789 e. The molecule has 98 valence electrons. The van der Waals surface area contributed by atoms with Gasteiger partial charge in [0.05, 0.1) is 0 Å². The van der Waals surface area contributed by atoms with Crippen molar-refractivity contribution in [1.29, 1.82) is 0 Å². The van der Waals surface area contributed by atoms with Gasteiger partial charge in [-0.15, -0.1) is 0 Å². The van der Waals surface area contributed by atoms with Crippen molar-refractivity contribution in [2.75, 3.05) is 0 Å². The van der Waals surface area contributed by atoms with Crippen molar-refractivity contribution in [1.82, 2.24) is 0 Å². The van der Waals surface area contributed by atoms with Gasteiger partial charge in [-0.3, -0.25) is 0 Å². The Kier molecular flexibility index (Phi) is 3.84. The van der Waals surface area contributed by atoms with Crippen LogP contribution in [0.25, 0.3) is 0 Å². The Morgan fingerprint density at radius 2 is 1.11 bits per heavy atom. The van der Waals surface area contributed by atoms with Crippen LogP contribution in [-0.4, -0.2) is 7.28 Å². The first kappa shape index (κ1) is 13.9. The highest BCUT2D eigenvalue weighted by molar-refractivity contribution is 6.56. The molecular formula is C18H23B. The van der Waals surface area contributed by atoms with E-state index < -0.39 is 0 Å². The lowest BCUT2D eigenvalue weighted by Crippen LogP contribution is -2.02. The predicted octanol–water partition coefficient (Wildman–Crippen LogP) is 4.50. The molecule has 0 nitrogen and oxygen atoms in total. The van der Waals surface area contributed by atoms with Gasteiger partial charge in [-0.2, -0.15) is 0 Å². The van der Waals surface area contributed by atoms with Crippen LogP contribution < -0.4 is 0 Å². The van der Waals surface area contributed by atoms with Crippen LogP contribution in [0.1, 0.15) is 27.7 Å². The summed E-state index contributed by atoms with van der Waals surface area (Å²) in [6.45, 7) is 8.92. The Hall–Kier alpha value is -1.50. The second-order valence-electron chi connectivity index (χ2n) is 6.69. The van der Waals surface area contributed by atoms with Crippen molar-refractivity contribution in [2.24, 2.45) is 10.8 Å². The molecule has 0 aromatic carbocycles. The van der Waals surface area contributed by atoms with Crippen LogP contribution >= 0.6 is 0 Å². The van der Waals surface area contributed by atoms with E-state index >= 15 is 0 Å². The second kappa shape index (κ2) is 5.24. The van der Waals surface area contributed by atoms with Crippen LogP contribution in [0.5, 0.6) is 0 Å². The molecule has 0 aromatic heterocycles. The van der Waals surface area contributed by atoms with Gasteiger partial charge in [0.25, 0.3) is 0 Å². The largest absolute Gasteiger partial charge is 0.192 e. The minimum atomic E-state index is 0.161. The maximum absolute atomic E-state index is 2.28. The Labute approximate surface area is 118 Å². The number of rotatable bonds is 2. The molecule has 19 heavy (non-hydrogen) atoms. The van der Waals surface area contributed by atoms with Gasteiger partial charge in [-0.05, 0) is 0 Å². The van der Waals surface area contributed by atoms with Crippen molar-refractivity contribution in [2.45, 2.75) is 27.7 Å². The van der Waals surface area contributed by atoms with Crippen LogP contribution in [0.4, 0.5) is 0 Å². The Bertz CT molecular complexity index is 472. The lowest BCUT2D eigenvalue weighted by Gasteiger charge is -2.13. The third kappa shape index (κ3) is 4.27. The van der Waals surface area contributed by atoms with Gasteiger partial charge in [0, 0.05) is 10.8 Å². The molecule has 0 unspecified atom stereocenters. The van der Waals surface area contributed by atoms with E-state index in [-0.39, 0.29) is 10.8 Å². The van der Waals surface area contributed by atoms with Crippen molar-refractivity contribution < 1.29 is 0 Å². The summed E-state index contributed by atoms with van der Waals surface area (Å²) in [6.07, 6.45) is 22.4. The first-order valence-electron chi connectivity index (χ1n) is 7.02. The minimum absolute atomic E-state index is 0.161. The van der Waals surface area contributed by atoms with Gasteiger partial charge in [0.15, 0.2) is 7.28 Å². The molecular weight excluding hydrogens is 227 g/mol. The van der Waals surface area contributed by atoms with E-state index in [1.807, 2.05) is 0 Å². The Balaban J connectivity index is 2.12. The number of hydrogen-bond acceptors (Lipinski definition) is 0.